The molecule has 2 rings (SSSR count). The van der Waals surface area contributed by atoms with E-state index >= 15 is 0 Å². The van der Waals surface area contributed by atoms with Gasteiger partial charge in [0, 0.05) is 23.6 Å². The highest BCUT2D eigenvalue weighted by atomic mass is 79.9. The molecule has 1 N–H and O–H groups in total. The van der Waals surface area contributed by atoms with Crippen molar-refractivity contribution in [3.8, 4) is 0 Å². The van der Waals surface area contributed by atoms with Gasteiger partial charge in [-0.1, -0.05) is 19.9 Å². The Bertz CT molecular complexity index is 399. The highest BCUT2D eigenvalue weighted by Gasteiger charge is 2.30. The third-order valence-corrected chi connectivity index (χ3v) is 3.89. The van der Waals surface area contributed by atoms with Crippen molar-refractivity contribution in [3.63, 3.8) is 0 Å². The summed E-state index contributed by atoms with van der Waals surface area (Å²) in [5.74, 6) is 0.703. The lowest BCUT2D eigenvalue weighted by molar-refractivity contribution is 0.606. The summed E-state index contributed by atoms with van der Waals surface area (Å²) in [6, 6.07) is 7.49. The summed E-state index contributed by atoms with van der Waals surface area (Å²) in [5, 5.41) is 3.19. The molecule has 0 spiro atoms. The van der Waals surface area contributed by atoms with E-state index in [-0.39, 0.29) is 0 Å². The van der Waals surface area contributed by atoms with Crippen LogP contribution in [0.1, 0.15) is 32.3 Å². The number of halogens is 1. The van der Waals surface area contributed by atoms with Crippen LogP contribution >= 0.6 is 15.9 Å². The van der Waals surface area contributed by atoms with Crippen LogP contribution in [0.2, 0.25) is 0 Å². The van der Waals surface area contributed by atoms with Crippen LogP contribution < -0.4 is 10.2 Å². The van der Waals surface area contributed by atoms with Gasteiger partial charge in [-0.2, -0.15) is 0 Å². The Hall–Kier alpha value is -0.540. The Morgan fingerprint density at radius 3 is 2.61 bits per heavy atom. The van der Waals surface area contributed by atoms with Gasteiger partial charge in [0.15, 0.2) is 0 Å². The molecular formula is C15H23BrN2. The molecule has 0 heterocycles. The number of hydrogen-bond donors (Lipinski definition) is 1. The fourth-order valence-corrected chi connectivity index (χ4v) is 2.98. The quantitative estimate of drug-likeness (QED) is 0.860. The van der Waals surface area contributed by atoms with Crippen LogP contribution in [-0.4, -0.2) is 19.6 Å². The Kier molecular flexibility index (Phi) is 4.68. The van der Waals surface area contributed by atoms with Gasteiger partial charge in [0.1, 0.15) is 0 Å². The van der Waals surface area contributed by atoms with Gasteiger partial charge in [0.25, 0.3) is 0 Å². The fourth-order valence-electron chi connectivity index (χ4n) is 2.32. The van der Waals surface area contributed by atoms with E-state index in [1.165, 1.54) is 28.6 Å². The molecular weight excluding hydrogens is 288 g/mol. The zero-order valence-electron chi connectivity index (χ0n) is 11.5. The molecule has 1 aliphatic rings. The van der Waals surface area contributed by atoms with Gasteiger partial charge in [-0.25, -0.2) is 0 Å². The average molecular weight is 311 g/mol. The molecule has 3 heteroatoms. The number of anilines is 1. The SMILES string of the molecule is CNCc1ccc(N(CC(C)C)C2CC2)c(Br)c1. The second-order valence-corrected chi connectivity index (χ2v) is 6.45. The zero-order chi connectivity index (χ0) is 13.1. The molecule has 1 saturated carbocycles. The van der Waals surface area contributed by atoms with Crippen molar-refractivity contribution in [2.45, 2.75) is 39.3 Å². The molecule has 0 radical (unpaired) electrons. The summed E-state index contributed by atoms with van der Waals surface area (Å²) in [4.78, 5) is 2.57. The minimum absolute atomic E-state index is 0.703. The molecule has 1 fully saturated rings. The van der Waals surface area contributed by atoms with Gasteiger partial charge in [0.05, 0.1) is 5.69 Å². The number of rotatable bonds is 6. The lowest BCUT2D eigenvalue weighted by Crippen LogP contribution is -2.30. The Morgan fingerprint density at radius 2 is 2.11 bits per heavy atom. The molecule has 100 valence electrons. The number of nitrogens with one attached hydrogen (secondary N) is 1. The van der Waals surface area contributed by atoms with Gasteiger partial charge in [-0.3, -0.25) is 0 Å². The van der Waals surface area contributed by atoms with Gasteiger partial charge in [-0.05, 0) is 59.4 Å². The van der Waals surface area contributed by atoms with Crippen LogP contribution in [0, 0.1) is 5.92 Å². The second kappa shape index (κ2) is 6.07. The van der Waals surface area contributed by atoms with Crippen molar-refractivity contribution < 1.29 is 0 Å². The minimum Gasteiger partial charge on any atom is -0.367 e. The van der Waals surface area contributed by atoms with Crippen molar-refractivity contribution in [1.29, 1.82) is 0 Å². The maximum Gasteiger partial charge on any atom is 0.0513 e. The summed E-state index contributed by atoms with van der Waals surface area (Å²) in [6.45, 7) is 6.65. The van der Waals surface area contributed by atoms with Crippen molar-refractivity contribution >= 4 is 21.6 Å². The molecule has 0 saturated heterocycles. The topological polar surface area (TPSA) is 15.3 Å². The fraction of sp³-hybridized carbons (Fsp3) is 0.600. The molecule has 0 amide bonds. The summed E-state index contributed by atoms with van der Waals surface area (Å²) in [7, 11) is 1.98. The Balaban J connectivity index is 2.19. The van der Waals surface area contributed by atoms with E-state index in [9.17, 15) is 0 Å². The standard InChI is InChI=1S/C15H23BrN2/c1-11(2)10-18(13-5-6-13)15-7-4-12(9-17-3)8-14(15)16/h4,7-8,11,13,17H,5-6,9-10H2,1-3H3. The van der Waals surface area contributed by atoms with Crippen molar-refractivity contribution in [2.75, 3.05) is 18.5 Å². The van der Waals surface area contributed by atoms with Crippen LogP contribution in [0.5, 0.6) is 0 Å². The first-order chi connectivity index (χ1) is 8.61. The van der Waals surface area contributed by atoms with Gasteiger partial charge in [0.2, 0.25) is 0 Å². The molecule has 0 aliphatic heterocycles. The molecule has 1 aromatic carbocycles. The first kappa shape index (κ1) is 13.9. The van der Waals surface area contributed by atoms with E-state index in [0.29, 0.717) is 5.92 Å². The van der Waals surface area contributed by atoms with Crippen LogP contribution in [0.3, 0.4) is 0 Å². The lowest BCUT2D eigenvalue weighted by atomic mass is 10.1. The molecule has 1 aromatic rings. The maximum atomic E-state index is 3.73. The predicted molar refractivity (Wildman–Crippen MR) is 82.1 cm³/mol. The van der Waals surface area contributed by atoms with Crippen molar-refractivity contribution in [3.05, 3.63) is 28.2 Å². The predicted octanol–water partition coefficient (Wildman–Crippen LogP) is 3.79. The third kappa shape index (κ3) is 3.48. The van der Waals surface area contributed by atoms with E-state index in [0.717, 1.165) is 19.1 Å². The molecule has 0 aromatic heterocycles. The van der Waals surface area contributed by atoms with Crippen molar-refractivity contribution in [1.82, 2.24) is 5.32 Å². The lowest BCUT2D eigenvalue weighted by Gasteiger charge is -2.28. The molecule has 1 aliphatic carbocycles. The number of nitrogens with zero attached hydrogens (tertiary/aromatic N) is 1. The molecule has 0 atom stereocenters. The molecule has 0 bridgehead atoms. The van der Waals surface area contributed by atoms with Gasteiger partial charge in [-0.15, -0.1) is 0 Å². The molecule has 18 heavy (non-hydrogen) atoms. The van der Waals surface area contributed by atoms with E-state index in [1.807, 2.05) is 7.05 Å². The zero-order valence-corrected chi connectivity index (χ0v) is 13.1. The first-order valence-electron chi connectivity index (χ1n) is 6.81. The summed E-state index contributed by atoms with van der Waals surface area (Å²) in [6.07, 6.45) is 2.69. The average Bonchev–Trinajstić information content (AvgIpc) is 3.10. The minimum atomic E-state index is 0.703. The van der Waals surface area contributed by atoms with Gasteiger partial charge < -0.3 is 10.2 Å². The van der Waals surface area contributed by atoms with Crippen LogP contribution in [0.25, 0.3) is 0 Å². The third-order valence-electron chi connectivity index (χ3n) is 3.25. The van der Waals surface area contributed by atoms with Crippen LogP contribution in [0.4, 0.5) is 5.69 Å². The summed E-state index contributed by atoms with van der Waals surface area (Å²) >= 11 is 3.73. The highest BCUT2D eigenvalue weighted by Crippen LogP contribution is 2.36. The van der Waals surface area contributed by atoms with E-state index < -0.39 is 0 Å². The number of benzene rings is 1. The normalized spacial score (nSPS) is 15.2. The summed E-state index contributed by atoms with van der Waals surface area (Å²) in [5.41, 5.74) is 2.68. The van der Waals surface area contributed by atoms with E-state index in [2.05, 4.69) is 58.2 Å². The Labute approximate surface area is 119 Å². The highest BCUT2D eigenvalue weighted by molar-refractivity contribution is 9.10. The van der Waals surface area contributed by atoms with Crippen molar-refractivity contribution in [2.24, 2.45) is 5.92 Å². The second-order valence-electron chi connectivity index (χ2n) is 5.59. The first-order valence-corrected chi connectivity index (χ1v) is 7.60. The van der Waals surface area contributed by atoms with Crippen LogP contribution in [-0.2, 0) is 6.54 Å². The van der Waals surface area contributed by atoms with E-state index in [4.69, 9.17) is 0 Å². The molecule has 0 unspecified atom stereocenters. The van der Waals surface area contributed by atoms with Gasteiger partial charge >= 0.3 is 0 Å². The van der Waals surface area contributed by atoms with E-state index in [1.54, 1.807) is 0 Å². The maximum absolute atomic E-state index is 3.73. The Morgan fingerprint density at radius 1 is 1.39 bits per heavy atom. The molecule has 2 nitrogen and oxygen atoms in total. The van der Waals surface area contributed by atoms with Crippen LogP contribution in [0.15, 0.2) is 22.7 Å². The largest absolute Gasteiger partial charge is 0.367 e. The summed E-state index contributed by atoms with van der Waals surface area (Å²) < 4.78 is 1.22. The number of hydrogen-bond acceptors (Lipinski definition) is 2. The monoisotopic (exact) mass is 310 g/mol. The smallest absolute Gasteiger partial charge is 0.0513 e.